The van der Waals surface area contributed by atoms with Crippen molar-refractivity contribution in [2.75, 3.05) is 0 Å². The molecule has 6 heteroatoms. The monoisotopic (exact) mass is 264 g/mol. The van der Waals surface area contributed by atoms with E-state index in [0.717, 1.165) is 5.56 Å². The molecule has 0 saturated carbocycles. The molecule has 1 aromatic rings. The Labute approximate surface area is 110 Å². The maximum atomic E-state index is 11.3. The van der Waals surface area contributed by atoms with E-state index in [9.17, 15) is 14.7 Å². The molecule has 0 aliphatic carbocycles. The van der Waals surface area contributed by atoms with Crippen LogP contribution in [0.1, 0.15) is 5.56 Å². The Bertz CT molecular complexity index is 459. The lowest BCUT2D eigenvalue weighted by atomic mass is 10.1. The average molecular weight is 264 g/mol. The number of carbonyl (C=O) groups is 2. The number of primary amides is 1. The third-order valence-corrected chi connectivity index (χ3v) is 2.40. The van der Waals surface area contributed by atoms with Crippen LogP contribution in [0.4, 0.5) is 0 Å². The highest BCUT2D eigenvalue weighted by Gasteiger charge is 2.27. The molecule has 19 heavy (non-hydrogen) atoms. The zero-order valence-electron chi connectivity index (χ0n) is 10.2. The standard InChI is InChI=1S/C13H16N2O4/c14-12(18)10(16)11(17)13(19)15-8-4-7-9-5-2-1-3-6-9/h1-6,8,10-11,16-17H,7H2,(H2,14,18)(H,15,19)/t10-,11?/m1/s1. The summed E-state index contributed by atoms with van der Waals surface area (Å²) in [5, 5.41) is 20.6. The molecule has 0 spiro atoms. The summed E-state index contributed by atoms with van der Waals surface area (Å²) in [5.41, 5.74) is 5.82. The van der Waals surface area contributed by atoms with Crippen LogP contribution in [-0.2, 0) is 16.0 Å². The van der Waals surface area contributed by atoms with Crippen LogP contribution in [0.3, 0.4) is 0 Å². The van der Waals surface area contributed by atoms with Crippen LogP contribution in [0, 0.1) is 0 Å². The maximum Gasteiger partial charge on any atom is 0.256 e. The number of hydrogen-bond acceptors (Lipinski definition) is 4. The summed E-state index contributed by atoms with van der Waals surface area (Å²) in [6.45, 7) is 0. The van der Waals surface area contributed by atoms with Crippen molar-refractivity contribution >= 4 is 11.8 Å². The van der Waals surface area contributed by atoms with E-state index >= 15 is 0 Å². The number of nitrogens with one attached hydrogen (secondary N) is 1. The second kappa shape index (κ2) is 7.30. The fourth-order valence-electron chi connectivity index (χ4n) is 1.33. The largest absolute Gasteiger partial charge is 0.380 e. The number of aliphatic hydroxyl groups is 2. The molecule has 5 N–H and O–H groups in total. The molecule has 2 amide bonds. The van der Waals surface area contributed by atoms with Crippen LogP contribution >= 0.6 is 0 Å². The molecular formula is C13H16N2O4. The third kappa shape index (κ3) is 4.90. The van der Waals surface area contributed by atoms with Gasteiger partial charge in [0.1, 0.15) is 0 Å². The highest BCUT2D eigenvalue weighted by Crippen LogP contribution is 1.99. The zero-order valence-corrected chi connectivity index (χ0v) is 10.2. The van der Waals surface area contributed by atoms with Crippen LogP contribution in [0.25, 0.3) is 0 Å². The molecule has 0 aromatic heterocycles. The summed E-state index contributed by atoms with van der Waals surface area (Å²) in [6, 6.07) is 9.55. The fourth-order valence-corrected chi connectivity index (χ4v) is 1.33. The van der Waals surface area contributed by atoms with Crippen molar-refractivity contribution in [1.82, 2.24) is 5.32 Å². The zero-order chi connectivity index (χ0) is 14.3. The van der Waals surface area contributed by atoms with Gasteiger partial charge >= 0.3 is 0 Å². The Morgan fingerprint density at radius 2 is 1.84 bits per heavy atom. The lowest BCUT2D eigenvalue weighted by molar-refractivity contribution is -0.143. The van der Waals surface area contributed by atoms with Gasteiger partial charge in [0.15, 0.2) is 12.2 Å². The fraction of sp³-hybridized carbons (Fsp3) is 0.231. The van der Waals surface area contributed by atoms with E-state index in [1.165, 1.54) is 6.20 Å². The number of rotatable bonds is 6. The molecule has 6 nitrogen and oxygen atoms in total. The quantitative estimate of drug-likeness (QED) is 0.531. The number of aliphatic hydroxyl groups excluding tert-OH is 2. The first-order valence-corrected chi connectivity index (χ1v) is 5.67. The molecular weight excluding hydrogens is 248 g/mol. The normalized spacial score (nSPS) is 14.0. The van der Waals surface area contributed by atoms with Gasteiger partial charge in [-0.05, 0) is 12.0 Å². The van der Waals surface area contributed by atoms with Gasteiger partial charge in [-0.25, -0.2) is 0 Å². The van der Waals surface area contributed by atoms with Crippen molar-refractivity contribution in [1.29, 1.82) is 0 Å². The minimum absolute atomic E-state index is 0.607. The van der Waals surface area contributed by atoms with E-state index in [1.54, 1.807) is 6.08 Å². The SMILES string of the molecule is NC(=O)[C@H](O)C(O)C(=O)NC=CCc1ccccc1. The molecule has 0 aliphatic rings. The van der Waals surface area contributed by atoms with Crippen molar-refractivity contribution in [2.24, 2.45) is 5.73 Å². The summed E-state index contributed by atoms with van der Waals surface area (Å²) in [4.78, 5) is 21.9. The van der Waals surface area contributed by atoms with E-state index in [1.807, 2.05) is 30.3 Å². The highest BCUT2D eigenvalue weighted by atomic mass is 16.3. The Morgan fingerprint density at radius 3 is 2.42 bits per heavy atom. The second-order valence-corrected chi connectivity index (χ2v) is 3.89. The molecule has 1 aromatic carbocycles. The minimum atomic E-state index is -1.91. The van der Waals surface area contributed by atoms with Crippen molar-refractivity contribution < 1.29 is 19.8 Å². The first-order chi connectivity index (χ1) is 9.02. The number of benzene rings is 1. The van der Waals surface area contributed by atoms with Crippen molar-refractivity contribution in [3.63, 3.8) is 0 Å². The van der Waals surface area contributed by atoms with Gasteiger partial charge in [-0.2, -0.15) is 0 Å². The van der Waals surface area contributed by atoms with Gasteiger partial charge in [0.05, 0.1) is 0 Å². The lowest BCUT2D eigenvalue weighted by Gasteiger charge is -2.12. The summed E-state index contributed by atoms with van der Waals surface area (Å²) < 4.78 is 0. The van der Waals surface area contributed by atoms with Crippen LogP contribution in [0.5, 0.6) is 0 Å². The van der Waals surface area contributed by atoms with E-state index in [4.69, 9.17) is 10.8 Å². The predicted molar refractivity (Wildman–Crippen MR) is 68.6 cm³/mol. The summed E-state index contributed by atoms with van der Waals surface area (Å²) in [6.07, 6.45) is -0.167. The Kier molecular flexibility index (Phi) is 5.72. The average Bonchev–Trinajstić information content (AvgIpc) is 2.42. The molecule has 0 fully saturated rings. The molecule has 0 bridgehead atoms. The minimum Gasteiger partial charge on any atom is -0.380 e. The van der Waals surface area contributed by atoms with E-state index in [0.29, 0.717) is 6.42 Å². The summed E-state index contributed by atoms with van der Waals surface area (Å²) in [5.74, 6) is -2.05. The van der Waals surface area contributed by atoms with Gasteiger partial charge in [0.25, 0.3) is 5.91 Å². The summed E-state index contributed by atoms with van der Waals surface area (Å²) in [7, 11) is 0. The molecule has 1 rings (SSSR count). The van der Waals surface area contributed by atoms with Gasteiger partial charge in [-0.15, -0.1) is 0 Å². The van der Waals surface area contributed by atoms with Gasteiger partial charge < -0.3 is 21.3 Å². The first-order valence-electron chi connectivity index (χ1n) is 5.67. The molecule has 102 valence electrons. The van der Waals surface area contributed by atoms with Gasteiger partial charge in [-0.1, -0.05) is 36.4 Å². The highest BCUT2D eigenvalue weighted by molar-refractivity contribution is 5.90. The third-order valence-electron chi connectivity index (χ3n) is 2.40. The lowest BCUT2D eigenvalue weighted by Crippen LogP contribution is -2.46. The first kappa shape index (κ1) is 14.9. The molecule has 2 atom stereocenters. The molecule has 0 radical (unpaired) electrons. The van der Waals surface area contributed by atoms with Crippen LogP contribution < -0.4 is 11.1 Å². The maximum absolute atomic E-state index is 11.3. The number of nitrogens with two attached hydrogens (primary N) is 1. The number of amides is 2. The molecule has 0 saturated heterocycles. The van der Waals surface area contributed by atoms with E-state index in [2.05, 4.69) is 5.32 Å². The molecule has 1 unspecified atom stereocenters. The molecule has 0 aliphatic heterocycles. The molecule has 0 heterocycles. The van der Waals surface area contributed by atoms with Crippen LogP contribution in [0.15, 0.2) is 42.6 Å². The Morgan fingerprint density at radius 1 is 1.21 bits per heavy atom. The van der Waals surface area contributed by atoms with E-state index in [-0.39, 0.29) is 0 Å². The number of hydrogen-bond donors (Lipinski definition) is 4. The number of allylic oxidation sites excluding steroid dienone is 1. The van der Waals surface area contributed by atoms with Crippen LogP contribution in [-0.4, -0.2) is 34.2 Å². The van der Waals surface area contributed by atoms with Gasteiger partial charge in [0.2, 0.25) is 5.91 Å². The smallest absolute Gasteiger partial charge is 0.256 e. The van der Waals surface area contributed by atoms with Crippen molar-refractivity contribution in [3.05, 3.63) is 48.2 Å². The predicted octanol–water partition coefficient (Wildman–Crippen LogP) is -0.934. The van der Waals surface area contributed by atoms with Crippen molar-refractivity contribution in [3.8, 4) is 0 Å². The number of carbonyl (C=O) groups excluding carboxylic acids is 2. The van der Waals surface area contributed by atoms with Gasteiger partial charge in [-0.3, -0.25) is 9.59 Å². The summed E-state index contributed by atoms with van der Waals surface area (Å²) >= 11 is 0. The van der Waals surface area contributed by atoms with Crippen LogP contribution in [0.2, 0.25) is 0 Å². The topological polar surface area (TPSA) is 113 Å². The van der Waals surface area contributed by atoms with E-state index < -0.39 is 24.0 Å². The van der Waals surface area contributed by atoms with Crippen molar-refractivity contribution in [2.45, 2.75) is 18.6 Å². The Hall–Kier alpha value is -2.18. The second-order valence-electron chi connectivity index (χ2n) is 3.89. The van der Waals surface area contributed by atoms with Gasteiger partial charge in [0, 0.05) is 6.20 Å². The Balaban J connectivity index is 2.40.